The van der Waals surface area contributed by atoms with Crippen LogP contribution in [0.4, 0.5) is 4.39 Å². The highest BCUT2D eigenvalue weighted by atomic mass is 19.1. The number of amides is 1. The standard InChI is InChI=1S/C16H21FN2O2/c1-12(19(2)3)11-18-16(21)15-8-7-14(17)10-13(15)6-4-5-9-20/h7-8,10,12,20H,5,9,11H2,1-3H3,(H,18,21). The summed E-state index contributed by atoms with van der Waals surface area (Å²) in [5, 5.41) is 11.5. The van der Waals surface area contributed by atoms with Gasteiger partial charge in [0.15, 0.2) is 0 Å². The molecular weight excluding hydrogens is 271 g/mol. The maximum absolute atomic E-state index is 13.3. The molecule has 0 radical (unpaired) electrons. The molecule has 2 N–H and O–H groups in total. The van der Waals surface area contributed by atoms with Gasteiger partial charge in [-0.3, -0.25) is 4.79 Å². The van der Waals surface area contributed by atoms with Gasteiger partial charge in [0.2, 0.25) is 0 Å². The molecule has 0 spiro atoms. The average Bonchev–Trinajstić information content (AvgIpc) is 2.44. The number of nitrogens with zero attached hydrogens (tertiary/aromatic N) is 1. The zero-order chi connectivity index (χ0) is 15.8. The van der Waals surface area contributed by atoms with Crippen molar-refractivity contribution < 1.29 is 14.3 Å². The van der Waals surface area contributed by atoms with E-state index >= 15 is 0 Å². The molecule has 0 saturated carbocycles. The lowest BCUT2D eigenvalue weighted by Crippen LogP contribution is -2.38. The summed E-state index contributed by atoms with van der Waals surface area (Å²) in [6.45, 7) is 2.42. The van der Waals surface area contributed by atoms with Crippen LogP contribution in [0.5, 0.6) is 0 Å². The number of hydrogen-bond donors (Lipinski definition) is 2. The molecule has 0 heterocycles. The third kappa shape index (κ3) is 5.54. The van der Waals surface area contributed by atoms with Crippen LogP contribution in [0.3, 0.4) is 0 Å². The SMILES string of the molecule is CC(CNC(=O)c1ccc(F)cc1C#CCCO)N(C)C. The third-order valence-corrected chi connectivity index (χ3v) is 3.13. The molecule has 114 valence electrons. The molecule has 0 saturated heterocycles. The number of rotatable bonds is 5. The first-order valence-corrected chi connectivity index (χ1v) is 6.79. The minimum absolute atomic E-state index is 0.0653. The maximum Gasteiger partial charge on any atom is 0.252 e. The molecule has 0 aliphatic heterocycles. The Morgan fingerprint density at radius 3 is 2.81 bits per heavy atom. The fraction of sp³-hybridized carbons (Fsp3) is 0.438. The Kier molecular flexibility index (Phi) is 6.86. The average molecular weight is 292 g/mol. The quantitative estimate of drug-likeness (QED) is 0.803. The fourth-order valence-electron chi connectivity index (χ4n) is 1.55. The summed E-state index contributed by atoms with van der Waals surface area (Å²) in [5.74, 6) is 4.70. The molecule has 4 nitrogen and oxygen atoms in total. The number of carbonyl (C=O) groups is 1. The Morgan fingerprint density at radius 1 is 1.48 bits per heavy atom. The summed E-state index contributed by atoms with van der Waals surface area (Å²) in [7, 11) is 3.86. The highest BCUT2D eigenvalue weighted by Crippen LogP contribution is 2.10. The third-order valence-electron chi connectivity index (χ3n) is 3.13. The number of halogens is 1. The molecule has 1 atom stereocenters. The van der Waals surface area contributed by atoms with Gasteiger partial charge in [-0.2, -0.15) is 0 Å². The van der Waals surface area contributed by atoms with Crippen LogP contribution in [-0.2, 0) is 0 Å². The van der Waals surface area contributed by atoms with Gasteiger partial charge in [0.1, 0.15) is 5.82 Å². The van der Waals surface area contributed by atoms with Crippen LogP contribution < -0.4 is 5.32 Å². The summed E-state index contributed by atoms with van der Waals surface area (Å²) in [6, 6.07) is 4.09. The van der Waals surface area contributed by atoms with E-state index < -0.39 is 5.82 Å². The van der Waals surface area contributed by atoms with Crippen molar-refractivity contribution in [3.63, 3.8) is 0 Å². The Hall–Kier alpha value is -1.90. The number of nitrogens with one attached hydrogen (secondary N) is 1. The number of aliphatic hydroxyl groups is 1. The van der Waals surface area contributed by atoms with Crippen LogP contribution in [-0.4, -0.2) is 49.2 Å². The van der Waals surface area contributed by atoms with E-state index in [1.54, 1.807) is 0 Å². The molecule has 1 aromatic rings. The van der Waals surface area contributed by atoms with Gasteiger partial charge < -0.3 is 15.3 Å². The fourth-order valence-corrected chi connectivity index (χ4v) is 1.55. The molecular formula is C16H21FN2O2. The molecule has 1 unspecified atom stereocenters. The number of benzene rings is 1. The van der Waals surface area contributed by atoms with E-state index in [-0.39, 0.29) is 25.0 Å². The van der Waals surface area contributed by atoms with Gasteiger partial charge in [-0.25, -0.2) is 4.39 Å². The Bertz CT molecular complexity index is 547. The van der Waals surface area contributed by atoms with Crippen molar-refractivity contribution in [2.24, 2.45) is 0 Å². The minimum Gasteiger partial charge on any atom is -0.395 e. The smallest absolute Gasteiger partial charge is 0.252 e. The van der Waals surface area contributed by atoms with Gasteiger partial charge in [0.05, 0.1) is 12.2 Å². The molecule has 0 bridgehead atoms. The predicted molar refractivity (Wildman–Crippen MR) is 80.5 cm³/mol. The highest BCUT2D eigenvalue weighted by molar-refractivity contribution is 5.96. The number of carbonyl (C=O) groups excluding carboxylic acids is 1. The van der Waals surface area contributed by atoms with Gasteiger partial charge in [0, 0.05) is 24.6 Å². The van der Waals surface area contributed by atoms with Crippen LogP contribution >= 0.6 is 0 Å². The first-order chi connectivity index (χ1) is 9.95. The van der Waals surface area contributed by atoms with Crippen LogP contribution in [0, 0.1) is 17.7 Å². The van der Waals surface area contributed by atoms with Crippen molar-refractivity contribution in [1.29, 1.82) is 0 Å². The van der Waals surface area contributed by atoms with Gasteiger partial charge in [0.25, 0.3) is 5.91 Å². The summed E-state index contributed by atoms with van der Waals surface area (Å²) in [4.78, 5) is 14.2. The Morgan fingerprint density at radius 2 is 2.19 bits per heavy atom. The summed E-state index contributed by atoms with van der Waals surface area (Å²) >= 11 is 0. The first-order valence-electron chi connectivity index (χ1n) is 6.79. The summed E-state index contributed by atoms with van der Waals surface area (Å²) in [5.41, 5.74) is 0.672. The normalized spacial score (nSPS) is 11.7. The summed E-state index contributed by atoms with van der Waals surface area (Å²) in [6.07, 6.45) is 0.287. The van der Waals surface area contributed by atoms with Crippen molar-refractivity contribution in [3.8, 4) is 11.8 Å². The van der Waals surface area contributed by atoms with Gasteiger partial charge >= 0.3 is 0 Å². The van der Waals surface area contributed by atoms with Gasteiger partial charge in [-0.05, 0) is 39.2 Å². The van der Waals surface area contributed by atoms with E-state index in [2.05, 4.69) is 17.2 Å². The second-order valence-corrected chi connectivity index (χ2v) is 4.99. The second kappa shape index (κ2) is 8.40. The van der Waals surface area contributed by atoms with E-state index in [9.17, 15) is 9.18 Å². The van der Waals surface area contributed by atoms with Gasteiger partial charge in [-0.1, -0.05) is 11.8 Å². The molecule has 0 aliphatic rings. The predicted octanol–water partition coefficient (Wildman–Crippen LogP) is 1.24. The lowest BCUT2D eigenvalue weighted by molar-refractivity contribution is 0.0943. The van der Waals surface area contributed by atoms with Crippen molar-refractivity contribution in [1.82, 2.24) is 10.2 Å². The summed E-state index contributed by atoms with van der Waals surface area (Å²) < 4.78 is 13.3. The molecule has 0 aliphatic carbocycles. The van der Waals surface area contributed by atoms with Crippen molar-refractivity contribution >= 4 is 5.91 Å². The van der Waals surface area contributed by atoms with Crippen molar-refractivity contribution in [3.05, 3.63) is 35.1 Å². The zero-order valence-electron chi connectivity index (χ0n) is 12.6. The van der Waals surface area contributed by atoms with E-state index in [0.717, 1.165) is 0 Å². The Labute approximate surface area is 125 Å². The molecule has 5 heteroatoms. The molecule has 0 fully saturated rings. The lowest BCUT2D eigenvalue weighted by atomic mass is 10.1. The maximum atomic E-state index is 13.3. The van der Waals surface area contributed by atoms with Crippen LogP contribution in [0.15, 0.2) is 18.2 Å². The van der Waals surface area contributed by atoms with Crippen molar-refractivity contribution in [2.45, 2.75) is 19.4 Å². The van der Waals surface area contributed by atoms with Crippen LogP contribution in [0.25, 0.3) is 0 Å². The highest BCUT2D eigenvalue weighted by Gasteiger charge is 2.13. The second-order valence-electron chi connectivity index (χ2n) is 4.99. The largest absolute Gasteiger partial charge is 0.395 e. The molecule has 21 heavy (non-hydrogen) atoms. The van der Waals surface area contributed by atoms with Crippen LogP contribution in [0.1, 0.15) is 29.3 Å². The molecule has 1 amide bonds. The molecule has 1 rings (SSSR count). The Balaban J connectivity index is 2.86. The zero-order valence-corrected chi connectivity index (χ0v) is 12.6. The van der Waals surface area contributed by atoms with Gasteiger partial charge in [-0.15, -0.1) is 0 Å². The topological polar surface area (TPSA) is 52.6 Å². The number of hydrogen-bond acceptors (Lipinski definition) is 3. The molecule has 1 aromatic carbocycles. The van der Waals surface area contributed by atoms with Crippen LogP contribution in [0.2, 0.25) is 0 Å². The molecule has 0 aromatic heterocycles. The van der Waals surface area contributed by atoms with Crippen molar-refractivity contribution in [2.75, 3.05) is 27.2 Å². The number of likely N-dealkylation sites (N-methyl/N-ethyl adjacent to an activating group) is 1. The first kappa shape index (κ1) is 17.2. The van der Waals surface area contributed by atoms with E-state index in [1.807, 2.05) is 25.9 Å². The lowest BCUT2D eigenvalue weighted by Gasteiger charge is -2.20. The monoisotopic (exact) mass is 292 g/mol. The minimum atomic E-state index is -0.443. The van der Waals surface area contributed by atoms with E-state index in [1.165, 1.54) is 18.2 Å². The van der Waals surface area contributed by atoms with E-state index in [4.69, 9.17) is 5.11 Å². The van der Waals surface area contributed by atoms with E-state index in [0.29, 0.717) is 17.7 Å². The number of aliphatic hydroxyl groups excluding tert-OH is 1.